The molecule has 86 valence electrons. The summed E-state index contributed by atoms with van der Waals surface area (Å²) in [5.41, 5.74) is 0.293. The molecule has 1 atom stereocenters. The zero-order chi connectivity index (χ0) is 12.3. The Kier molecular flexibility index (Phi) is 4.77. The van der Waals surface area contributed by atoms with Gasteiger partial charge in [-0.15, -0.1) is 0 Å². The lowest BCUT2D eigenvalue weighted by Crippen LogP contribution is -2.25. The van der Waals surface area contributed by atoms with Crippen LogP contribution in [0.1, 0.15) is 10.4 Å². The molecule has 16 heavy (non-hydrogen) atoms. The van der Waals surface area contributed by atoms with Crippen LogP contribution in [-0.4, -0.2) is 23.7 Å². The van der Waals surface area contributed by atoms with Gasteiger partial charge in [-0.25, -0.2) is 0 Å². The molecule has 0 aliphatic carbocycles. The van der Waals surface area contributed by atoms with Crippen molar-refractivity contribution in [1.29, 1.82) is 0 Å². The van der Waals surface area contributed by atoms with Crippen molar-refractivity contribution in [1.82, 2.24) is 0 Å². The van der Waals surface area contributed by atoms with E-state index in [1.54, 1.807) is 0 Å². The van der Waals surface area contributed by atoms with E-state index in [9.17, 15) is 9.59 Å². The summed E-state index contributed by atoms with van der Waals surface area (Å²) < 4.78 is 4.44. The van der Waals surface area contributed by atoms with Crippen molar-refractivity contribution in [2.45, 2.75) is 4.83 Å². The molecule has 3 nitrogen and oxygen atoms in total. The number of alkyl halides is 1. The second-order valence-electron chi connectivity index (χ2n) is 2.88. The fourth-order valence-corrected chi connectivity index (χ4v) is 1.76. The summed E-state index contributed by atoms with van der Waals surface area (Å²) in [7, 11) is 1.21. The molecule has 1 unspecified atom stereocenters. The van der Waals surface area contributed by atoms with Gasteiger partial charge in [0.25, 0.3) is 0 Å². The van der Waals surface area contributed by atoms with Gasteiger partial charge in [-0.3, -0.25) is 9.59 Å². The predicted molar refractivity (Wildman–Crippen MR) is 65.5 cm³/mol. The van der Waals surface area contributed by atoms with Gasteiger partial charge in [0, 0.05) is 5.56 Å². The van der Waals surface area contributed by atoms with Crippen molar-refractivity contribution in [2.75, 3.05) is 7.11 Å². The Labute approximate surface area is 111 Å². The zero-order valence-electron chi connectivity index (χ0n) is 8.17. The summed E-state index contributed by atoms with van der Waals surface area (Å²) in [4.78, 5) is 21.9. The van der Waals surface area contributed by atoms with Crippen molar-refractivity contribution in [3.8, 4) is 0 Å². The van der Waals surface area contributed by atoms with Crippen LogP contribution in [0.25, 0.3) is 0 Å². The highest BCUT2D eigenvalue weighted by Crippen LogP contribution is 2.24. The Hall–Kier alpha value is -0.580. The molecule has 0 heterocycles. The highest BCUT2D eigenvalue weighted by molar-refractivity contribution is 9.10. The van der Waals surface area contributed by atoms with E-state index in [1.807, 2.05) is 0 Å². The minimum absolute atomic E-state index is 0.261. The average molecular weight is 326 g/mol. The molecule has 0 aliphatic rings. The minimum Gasteiger partial charge on any atom is -0.468 e. The Morgan fingerprint density at radius 1 is 1.31 bits per heavy atom. The third-order valence-electron chi connectivity index (χ3n) is 1.84. The lowest BCUT2D eigenvalue weighted by atomic mass is 10.1. The molecule has 1 aromatic carbocycles. The van der Waals surface area contributed by atoms with Crippen LogP contribution in [0.2, 0.25) is 10.0 Å². The maximum Gasteiger partial charge on any atom is 0.327 e. The predicted octanol–water partition coefficient (Wildman–Crippen LogP) is 3.11. The number of hydrogen-bond donors (Lipinski definition) is 0. The molecule has 1 aromatic rings. The lowest BCUT2D eigenvalue weighted by molar-refractivity contribution is -0.138. The smallest absolute Gasteiger partial charge is 0.327 e. The van der Waals surface area contributed by atoms with Crippen molar-refractivity contribution >= 4 is 50.9 Å². The van der Waals surface area contributed by atoms with Gasteiger partial charge in [0.15, 0.2) is 10.6 Å². The van der Waals surface area contributed by atoms with Crippen LogP contribution in [0, 0.1) is 0 Å². The molecule has 1 rings (SSSR count). The largest absolute Gasteiger partial charge is 0.468 e. The van der Waals surface area contributed by atoms with E-state index in [-0.39, 0.29) is 5.02 Å². The van der Waals surface area contributed by atoms with E-state index in [0.717, 1.165) is 0 Å². The lowest BCUT2D eigenvalue weighted by Gasteiger charge is -2.07. The van der Waals surface area contributed by atoms with Crippen molar-refractivity contribution < 1.29 is 14.3 Å². The number of halogens is 3. The monoisotopic (exact) mass is 324 g/mol. The molecule has 0 aliphatic heterocycles. The molecule has 0 spiro atoms. The van der Waals surface area contributed by atoms with Crippen LogP contribution in [0.5, 0.6) is 0 Å². The fraction of sp³-hybridized carbons (Fsp3) is 0.200. The molecule has 0 bridgehead atoms. The molecular formula is C10H7BrCl2O3. The molecule has 0 saturated carbocycles. The second kappa shape index (κ2) is 5.66. The number of carbonyl (C=O) groups excluding carboxylic acids is 2. The normalized spacial score (nSPS) is 12.0. The summed E-state index contributed by atoms with van der Waals surface area (Å²) in [6.07, 6.45) is 0. The van der Waals surface area contributed by atoms with Crippen LogP contribution in [-0.2, 0) is 9.53 Å². The number of ether oxygens (including phenoxy) is 1. The molecule has 0 amide bonds. The number of Topliss-reactive ketones (excluding diaryl/α,β-unsaturated/α-hetero) is 1. The third kappa shape index (κ3) is 2.97. The highest BCUT2D eigenvalue weighted by atomic mass is 79.9. The number of carbonyl (C=O) groups is 2. The SMILES string of the molecule is COC(=O)C(Br)C(=O)c1ccc(Cl)c(Cl)c1. The van der Waals surface area contributed by atoms with Gasteiger partial charge in [-0.2, -0.15) is 0 Å². The van der Waals surface area contributed by atoms with E-state index in [2.05, 4.69) is 20.7 Å². The van der Waals surface area contributed by atoms with Gasteiger partial charge in [0.05, 0.1) is 17.2 Å². The van der Waals surface area contributed by atoms with Crippen LogP contribution in [0.4, 0.5) is 0 Å². The first kappa shape index (κ1) is 13.5. The minimum atomic E-state index is -1.03. The Morgan fingerprint density at radius 2 is 1.94 bits per heavy atom. The maximum absolute atomic E-state index is 11.8. The van der Waals surface area contributed by atoms with Gasteiger partial charge in [0.1, 0.15) is 0 Å². The van der Waals surface area contributed by atoms with Crippen molar-refractivity contribution in [3.63, 3.8) is 0 Å². The third-order valence-corrected chi connectivity index (χ3v) is 3.37. The standard InChI is InChI=1S/C10H7BrCl2O3/c1-16-10(15)8(11)9(14)5-2-3-6(12)7(13)4-5/h2-4,8H,1H3. The van der Waals surface area contributed by atoms with Crippen LogP contribution >= 0.6 is 39.1 Å². The zero-order valence-corrected chi connectivity index (χ0v) is 11.3. The van der Waals surface area contributed by atoms with Crippen LogP contribution < -0.4 is 0 Å². The summed E-state index contributed by atoms with van der Waals surface area (Å²) in [5, 5.41) is 0.611. The fourth-order valence-electron chi connectivity index (χ4n) is 1.01. The van der Waals surface area contributed by atoms with Crippen molar-refractivity contribution in [2.24, 2.45) is 0 Å². The van der Waals surface area contributed by atoms with Crippen molar-refractivity contribution in [3.05, 3.63) is 33.8 Å². The molecular weight excluding hydrogens is 319 g/mol. The molecule has 0 saturated heterocycles. The van der Waals surface area contributed by atoms with E-state index in [4.69, 9.17) is 23.2 Å². The first-order chi connectivity index (χ1) is 7.47. The molecule has 0 fully saturated rings. The number of benzene rings is 1. The highest BCUT2D eigenvalue weighted by Gasteiger charge is 2.25. The number of esters is 1. The summed E-state index contributed by atoms with van der Waals surface area (Å²) in [5.74, 6) is -1.08. The van der Waals surface area contributed by atoms with E-state index in [0.29, 0.717) is 10.6 Å². The maximum atomic E-state index is 11.8. The summed E-state index contributed by atoms with van der Waals surface area (Å²) >= 11 is 14.4. The Bertz CT molecular complexity index is 434. The van der Waals surface area contributed by atoms with Gasteiger partial charge >= 0.3 is 5.97 Å². The number of rotatable bonds is 3. The molecule has 6 heteroatoms. The second-order valence-corrected chi connectivity index (χ2v) is 4.61. The first-order valence-electron chi connectivity index (χ1n) is 4.18. The topological polar surface area (TPSA) is 43.4 Å². The molecule has 0 aromatic heterocycles. The quantitative estimate of drug-likeness (QED) is 0.371. The van der Waals surface area contributed by atoms with E-state index in [1.165, 1.54) is 25.3 Å². The van der Waals surface area contributed by atoms with E-state index < -0.39 is 16.6 Å². The van der Waals surface area contributed by atoms with Gasteiger partial charge in [0.2, 0.25) is 0 Å². The number of ketones is 1. The first-order valence-corrected chi connectivity index (χ1v) is 5.85. The van der Waals surface area contributed by atoms with Gasteiger partial charge in [-0.05, 0) is 18.2 Å². The van der Waals surface area contributed by atoms with E-state index >= 15 is 0 Å². The van der Waals surface area contributed by atoms with Crippen LogP contribution in [0.15, 0.2) is 18.2 Å². The Morgan fingerprint density at radius 3 is 2.44 bits per heavy atom. The summed E-state index contributed by atoms with van der Waals surface area (Å²) in [6, 6.07) is 4.39. The summed E-state index contributed by atoms with van der Waals surface area (Å²) in [6.45, 7) is 0. The van der Waals surface area contributed by atoms with Crippen LogP contribution in [0.3, 0.4) is 0 Å². The Balaban J connectivity index is 2.97. The number of methoxy groups -OCH3 is 1. The molecule has 0 N–H and O–H groups in total. The number of hydrogen-bond acceptors (Lipinski definition) is 3. The van der Waals surface area contributed by atoms with Gasteiger partial charge in [-0.1, -0.05) is 39.1 Å². The average Bonchev–Trinajstić information content (AvgIpc) is 2.29. The van der Waals surface area contributed by atoms with Gasteiger partial charge < -0.3 is 4.74 Å². The molecule has 0 radical (unpaired) electrons.